The van der Waals surface area contributed by atoms with Crippen molar-refractivity contribution in [2.24, 2.45) is 0 Å². The number of ether oxygens (including phenoxy) is 3. The van der Waals surface area contributed by atoms with Crippen LogP contribution in [-0.4, -0.2) is 36.3 Å². The molecule has 0 fully saturated rings. The average Bonchev–Trinajstić information content (AvgIpc) is 2.76. The second-order valence-corrected chi connectivity index (χ2v) is 3.54. The maximum atomic E-state index is 9.07. The molecule has 0 saturated heterocycles. The van der Waals surface area contributed by atoms with Gasteiger partial charge in [0.25, 0.3) is 0 Å². The monoisotopic (exact) mass is 226 g/mol. The Morgan fingerprint density at radius 3 is 2.94 bits per heavy atom. The van der Waals surface area contributed by atoms with E-state index in [1.807, 2.05) is 18.2 Å². The maximum Gasteiger partial charge on any atom is 0.231 e. The minimum absolute atomic E-state index is 0.116. The van der Waals surface area contributed by atoms with E-state index in [0.29, 0.717) is 12.4 Å². The minimum Gasteiger partial charge on any atom is -0.454 e. The molecule has 0 saturated carbocycles. The van der Waals surface area contributed by atoms with Gasteiger partial charge in [0.2, 0.25) is 6.79 Å². The van der Waals surface area contributed by atoms with Crippen LogP contribution in [0.15, 0.2) is 18.2 Å². The van der Waals surface area contributed by atoms with E-state index < -0.39 is 6.10 Å². The summed E-state index contributed by atoms with van der Waals surface area (Å²) in [5.41, 5.74) is 0.939. The van der Waals surface area contributed by atoms with Gasteiger partial charge in [-0.25, -0.2) is 0 Å². The summed E-state index contributed by atoms with van der Waals surface area (Å²) in [4.78, 5) is 0. The number of hydrogen-bond donors (Lipinski definition) is 2. The Kier molecular flexibility index (Phi) is 3.61. The van der Waals surface area contributed by atoms with Crippen LogP contribution in [0.3, 0.4) is 0 Å². The van der Waals surface area contributed by atoms with Crippen molar-refractivity contribution >= 4 is 0 Å². The topological polar surface area (TPSA) is 68.2 Å². The Morgan fingerprint density at radius 1 is 1.31 bits per heavy atom. The van der Waals surface area contributed by atoms with Crippen molar-refractivity contribution in [3.05, 3.63) is 23.8 Å². The summed E-state index contributed by atoms with van der Waals surface area (Å²) in [5.74, 6) is 1.45. The molecule has 0 aliphatic carbocycles. The zero-order chi connectivity index (χ0) is 11.4. The zero-order valence-electron chi connectivity index (χ0n) is 8.76. The third-order valence-corrected chi connectivity index (χ3v) is 2.23. The number of aliphatic hydroxyl groups excluding tert-OH is 2. The first-order valence-electron chi connectivity index (χ1n) is 5.05. The Bertz CT molecular complexity index is 352. The van der Waals surface area contributed by atoms with E-state index in [1.54, 1.807) is 0 Å². The van der Waals surface area contributed by atoms with Gasteiger partial charge in [-0.1, -0.05) is 6.07 Å². The Morgan fingerprint density at radius 2 is 2.12 bits per heavy atom. The van der Waals surface area contributed by atoms with E-state index in [2.05, 4.69) is 0 Å². The molecule has 2 N–H and O–H groups in total. The lowest BCUT2D eigenvalue weighted by atomic mass is 10.2. The largest absolute Gasteiger partial charge is 0.454 e. The second kappa shape index (κ2) is 5.16. The molecule has 2 rings (SSSR count). The average molecular weight is 226 g/mol. The highest BCUT2D eigenvalue weighted by atomic mass is 16.7. The molecule has 0 spiro atoms. The number of aliphatic hydroxyl groups is 2. The van der Waals surface area contributed by atoms with Gasteiger partial charge in [-0.15, -0.1) is 0 Å². The van der Waals surface area contributed by atoms with Crippen molar-refractivity contribution in [3.8, 4) is 11.5 Å². The number of fused-ring (bicyclic) bond motifs is 1. The fourth-order valence-electron chi connectivity index (χ4n) is 1.40. The zero-order valence-corrected chi connectivity index (χ0v) is 8.76. The van der Waals surface area contributed by atoms with Gasteiger partial charge in [-0.2, -0.15) is 0 Å². The summed E-state index contributed by atoms with van der Waals surface area (Å²) in [7, 11) is 0. The van der Waals surface area contributed by atoms with Crippen molar-refractivity contribution in [1.29, 1.82) is 0 Å². The first kappa shape index (κ1) is 11.2. The van der Waals surface area contributed by atoms with Crippen LogP contribution in [0.5, 0.6) is 11.5 Å². The van der Waals surface area contributed by atoms with Crippen molar-refractivity contribution in [1.82, 2.24) is 0 Å². The molecule has 1 atom stereocenters. The summed E-state index contributed by atoms with van der Waals surface area (Å²) >= 11 is 0. The Labute approximate surface area is 93.2 Å². The number of benzene rings is 1. The van der Waals surface area contributed by atoms with E-state index in [9.17, 15) is 0 Å². The molecule has 5 nitrogen and oxygen atoms in total. The molecule has 0 bridgehead atoms. The van der Waals surface area contributed by atoms with E-state index in [1.165, 1.54) is 0 Å². The van der Waals surface area contributed by atoms with Gasteiger partial charge < -0.3 is 24.4 Å². The molecule has 1 aromatic rings. The van der Waals surface area contributed by atoms with Gasteiger partial charge in [0.1, 0.15) is 6.10 Å². The van der Waals surface area contributed by atoms with Crippen LogP contribution in [0, 0.1) is 0 Å². The van der Waals surface area contributed by atoms with E-state index in [4.69, 9.17) is 24.4 Å². The minimum atomic E-state index is -0.825. The lowest BCUT2D eigenvalue weighted by molar-refractivity contribution is -0.00000258. The smallest absolute Gasteiger partial charge is 0.231 e. The molecule has 0 radical (unpaired) electrons. The summed E-state index contributed by atoms with van der Waals surface area (Å²) in [6.45, 7) is 0.447. The summed E-state index contributed by atoms with van der Waals surface area (Å²) in [6.07, 6.45) is -0.825. The van der Waals surface area contributed by atoms with Gasteiger partial charge in [0.15, 0.2) is 11.5 Å². The van der Waals surface area contributed by atoms with Crippen molar-refractivity contribution in [2.75, 3.05) is 20.0 Å². The first-order valence-corrected chi connectivity index (χ1v) is 5.05. The van der Waals surface area contributed by atoms with Gasteiger partial charge in [0.05, 0.1) is 19.8 Å². The SMILES string of the molecule is OCC(O)COCc1ccc2c(c1)OCO2. The molecule has 5 heteroatoms. The van der Waals surface area contributed by atoms with Crippen molar-refractivity contribution in [3.63, 3.8) is 0 Å². The molecular formula is C11H14O5. The van der Waals surface area contributed by atoms with E-state index in [-0.39, 0.29) is 20.0 Å². The molecule has 16 heavy (non-hydrogen) atoms. The molecule has 0 aromatic heterocycles. The molecule has 1 aromatic carbocycles. The van der Waals surface area contributed by atoms with Gasteiger partial charge >= 0.3 is 0 Å². The van der Waals surface area contributed by atoms with Crippen LogP contribution in [-0.2, 0) is 11.3 Å². The molecule has 88 valence electrons. The number of rotatable bonds is 5. The summed E-state index contributed by atoms with van der Waals surface area (Å²) < 4.78 is 15.6. The lowest BCUT2D eigenvalue weighted by Crippen LogP contribution is -2.19. The summed E-state index contributed by atoms with van der Waals surface area (Å²) in [5, 5.41) is 17.7. The molecule has 1 aliphatic heterocycles. The lowest BCUT2D eigenvalue weighted by Gasteiger charge is -2.08. The fourth-order valence-corrected chi connectivity index (χ4v) is 1.40. The van der Waals surface area contributed by atoms with Gasteiger partial charge in [-0.3, -0.25) is 0 Å². The van der Waals surface area contributed by atoms with Crippen molar-refractivity contribution in [2.45, 2.75) is 12.7 Å². The highest BCUT2D eigenvalue weighted by Gasteiger charge is 2.13. The predicted octanol–water partition coefficient (Wildman–Crippen LogP) is 0.285. The first-order chi connectivity index (χ1) is 7.79. The van der Waals surface area contributed by atoms with Gasteiger partial charge in [-0.05, 0) is 17.7 Å². The van der Waals surface area contributed by atoms with E-state index in [0.717, 1.165) is 11.3 Å². The Hall–Kier alpha value is -1.30. The molecule has 1 heterocycles. The molecule has 1 unspecified atom stereocenters. The predicted molar refractivity (Wildman–Crippen MR) is 55.3 cm³/mol. The van der Waals surface area contributed by atoms with Crippen molar-refractivity contribution < 1.29 is 24.4 Å². The molecule has 0 amide bonds. The van der Waals surface area contributed by atoms with Crippen LogP contribution >= 0.6 is 0 Å². The van der Waals surface area contributed by atoms with Crippen LogP contribution in [0.2, 0.25) is 0 Å². The van der Waals surface area contributed by atoms with Crippen LogP contribution in [0.4, 0.5) is 0 Å². The maximum absolute atomic E-state index is 9.07. The van der Waals surface area contributed by atoms with E-state index >= 15 is 0 Å². The second-order valence-electron chi connectivity index (χ2n) is 3.54. The van der Waals surface area contributed by atoms with Gasteiger partial charge in [0, 0.05) is 0 Å². The number of hydrogen-bond acceptors (Lipinski definition) is 5. The quantitative estimate of drug-likeness (QED) is 0.755. The standard InChI is InChI=1S/C11H14O5/c12-4-9(13)6-14-5-8-1-2-10-11(3-8)16-7-15-10/h1-3,9,12-13H,4-7H2. The van der Waals surface area contributed by atoms with Crippen LogP contribution in [0.25, 0.3) is 0 Å². The molecule has 1 aliphatic rings. The molecular weight excluding hydrogens is 212 g/mol. The summed E-state index contributed by atoms with van der Waals surface area (Å²) in [6, 6.07) is 5.54. The fraction of sp³-hybridized carbons (Fsp3) is 0.455. The Balaban J connectivity index is 1.86. The van der Waals surface area contributed by atoms with Crippen LogP contribution in [0.1, 0.15) is 5.56 Å². The third-order valence-electron chi connectivity index (χ3n) is 2.23. The normalized spacial score (nSPS) is 15.1. The highest BCUT2D eigenvalue weighted by Crippen LogP contribution is 2.32. The highest BCUT2D eigenvalue weighted by molar-refractivity contribution is 5.44. The third kappa shape index (κ3) is 2.63. The van der Waals surface area contributed by atoms with Crippen LogP contribution < -0.4 is 9.47 Å².